The zero-order valence-corrected chi connectivity index (χ0v) is 23.5. The first-order valence-corrected chi connectivity index (χ1v) is 13.0. The predicted molar refractivity (Wildman–Crippen MR) is 151 cm³/mol. The van der Waals surface area contributed by atoms with E-state index in [-0.39, 0.29) is 12.2 Å². The van der Waals surface area contributed by atoms with Crippen LogP contribution in [0.4, 0.5) is 10.5 Å². The third-order valence-corrected chi connectivity index (χ3v) is 7.01. The quantitative estimate of drug-likeness (QED) is 0.178. The van der Waals surface area contributed by atoms with E-state index in [1.54, 1.807) is 55.5 Å². The van der Waals surface area contributed by atoms with Crippen molar-refractivity contribution in [3.05, 3.63) is 90.5 Å². The molecule has 0 aliphatic carbocycles. The molecule has 1 heterocycles. The maximum Gasteiger partial charge on any atom is 0.335 e. The summed E-state index contributed by atoms with van der Waals surface area (Å²) < 4.78 is 12.5. The third-order valence-electron chi connectivity index (χ3n) is 5.47. The Labute approximate surface area is 237 Å². The Morgan fingerprint density at radius 2 is 1.76 bits per heavy atom. The molecule has 0 atom stereocenters. The number of carbonyl (C=O) groups excluding carboxylic acids is 3. The molecule has 0 radical (unpaired) electrons. The molecule has 4 rings (SSSR count). The fraction of sp³-hybridized carbons (Fsp3) is 0.148. The lowest BCUT2D eigenvalue weighted by atomic mass is 10.1. The van der Waals surface area contributed by atoms with Crippen molar-refractivity contribution >= 4 is 75.4 Å². The second-order valence-electron chi connectivity index (χ2n) is 8.04. The van der Waals surface area contributed by atoms with Gasteiger partial charge in [0.15, 0.2) is 11.5 Å². The van der Waals surface area contributed by atoms with E-state index in [9.17, 15) is 14.4 Å². The number of ether oxygens (including phenoxy) is 2. The first-order chi connectivity index (χ1) is 17.7. The molecule has 0 aromatic heterocycles. The van der Waals surface area contributed by atoms with Gasteiger partial charge in [-0.3, -0.25) is 14.9 Å². The van der Waals surface area contributed by atoms with E-state index in [1.807, 2.05) is 13.0 Å². The number of carbonyl (C=O) groups is 3. The normalized spacial score (nSPS) is 14.7. The monoisotopic (exact) mass is 650 g/mol. The highest BCUT2D eigenvalue weighted by Gasteiger charge is 2.37. The fourth-order valence-corrected chi connectivity index (χ4v) is 4.82. The molecule has 10 heteroatoms. The van der Waals surface area contributed by atoms with Gasteiger partial charge in [-0.2, -0.15) is 0 Å². The van der Waals surface area contributed by atoms with Crippen LogP contribution >= 0.6 is 45.8 Å². The summed E-state index contributed by atoms with van der Waals surface area (Å²) in [6, 6.07) is 14.8. The van der Waals surface area contributed by atoms with Crippen LogP contribution in [0.15, 0.2) is 60.2 Å². The van der Waals surface area contributed by atoms with Gasteiger partial charge in [0.25, 0.3) is 11.8 Å². The Morgan fingerprint density at radius 3 is 2.46 bits per heavy atom. The van der Waals surface area contributed by atoms with Crippen LogP contribution in [-0.4, -0.2) is 24.5 Å². The smallest absolute Gasteiger partial charge is 0.335 e. The van der Waals surface area contributed by atoms with Gasteiger partial charge < -0.3 is 9.47 Å². The van der Waals surface area contributed by atoms with Gasteiger partial charge in [0.1, 0.15) is 12.2 Å². The van der Waals surface area contributed by atoms with Gasteiger partial charge in [0.2, 0.25) is 0 Å². The molecule has 0 unspecified atom stereocenters. The van der Waals surface area contributed by atoms with Gasteiger partial charge in [0, 0.05) is 0 Å². The van der Waals surface area contributed by atoms with Crippen LogP contribution in [0, 0.1) is 10.5 Å². The lowest BCUT2D eigenvalue weighted by Crippen LogP contribution is -2.54. The van der Waals surface area contributed by atoms with Crippen LogP contribution in [0.25, 0.3) is 6.08 Å². The molecule has 0 bridgehead atoms. The first-order valence-electron chi connectivity index (χ1n) is 11.2. The van der Waals surface area contributed by atoms with E-state index in [1.165, 1.54) is 6.08 Å². The van der Waals surface area contributed by atoms with Crippen LogP contribution in [-0.2, 0) is 16.2 Å². The highest BCUT2D eigenvalue weighted by atomic mass is 127. The van der Waals surface area contributed by atoms with Crippen LogP contribution in [0.5, 0.6) is 11.5 Å². The van der Waals surface area contributed by atoms with Crippen LogP contribution in [0.1, 0.15) is 23.6 Å². The molecule has 37 heavy (non-hydrogen) atoms. The topological polar surface area (TPSA) is 84.9 Å². The largest absolute Gasteiger partial charge is 0.490 e. The summed E-state index contributed by atoms with van der Waals surface area (Å²) in [6.45, 7) is 4.21. The van der Waals surface area contributed by atoms with Crippen molar-refractivity contribution in [2.75, 3.05) is 11.5 Å². The maximum absolute atomic E-state index is 13.3. The van der Waals surface area contributed by atoms with Crippen molar-refractivity contribution < 1.29 is 23.9 Å². The molecule has 1 aliphatic rings. The Morgan fingerprint density at radius 1 is 1.00 bits per heavy atom. The van der Waals surface area contributed by atoms with Crippen molar-refractivity contribution in [2.24, 2.45) is 0 Å². The summed E-state index contributed by atoms with van der Waals surface area (Å²) in [6.07, 6.45) is 1.43. The van der Waals surface area contributed by atoms with Crippen molar-refractivity contribution in [2.45, 2.75) is 20.5 Å². The number of para-hydroxylation sites is 1. The number of hydrogen-bond acceptors (Lipinski definition) is 5. The van der Waals surface area contributed by atoms with Gasteiger partial charge in [-0.25, -0.2) is 9.69 Å². The molecule has 0 saturated carbocycles. The third kappa shape index (κ3) is 5.92. The molecule has 0 spiro atoms. The van der Waals surface area contributed by atoms with Gasteiger partial charge >= 0.3 is 6.03 Å². The van der Waals surface area contributed by atoms with E-state index in [0.29, 0.717) is 43.0 Å². The van der Waals surface area contributed by atoms with E-state index in [0.717, 1.165) is 16.0 Å². The Hall–Kier alpha value is -3.08. The highest BCUT2D eigenvalue weighted by molar-refractivity contribution is 14.1. The number of benzene rings is 3. The van der Waals surface area contributed by atoms with Gasteiger partial charge in [-0.1, -0.05) is 47.5 Å². The number of nitrogens with one attached hydrogen (secondary N) is 1. The lowest BCUT2D eigenvalue weighted by molar-refractivity contribution is -0.122. The van der Waals surface area contributed by atoms with E-state index < -0.39 is 17.8 Å². The number of barbiturate groups is 1. The summed E-state index contributed by atoms with van der Waals surface area (Å²) in [4.78, 5) is 39.4. The number of halogens is 3. The van der Waals surface area contributed by atoms with Crippen molar-refractivity contribution in [3.8, 4) is 11.5 Å². The summed E-state index contributed by atoms with van der Waals surface area (Å²) >= 11 is 14.2. The van der Waals surface area contributed by atoms with E-state index in [2.05, 4.69) is 27.9 Å². The number of nitrogens with zero attached hydrogens (tertiary/aromatic N) is 1. The average molecular weight is 651 g/mol. The standard InChI is InChI=1S/C27H21Cl2IN2O5/c1-3-36-23-13-17(12-21(30)24(23)37-14-16-8-9-19(28)20(29)11-16)10-18-25(33)31-27(35)32(26(18)34)22-7-5-4-6-15(22)2/h4-13H,3,14H2,1-2H3,(H,31,33,35)/b18-10+. The zero-order chi connectivity index (χ0) is 26.7. The number of hydrogen-bond donors (Lipinski definition) is 1. The minimum Gasteiger partial charge on any atom is -0.490 e. The number of rotatable bonds is 7. The summed E-state index contributed by atoms with van der Waals surface area (Å²) in [5.41, 5.74) is 2.30. The lowest BCUT2D eigenvalue weighted by Gasteiger charge is -2.27. The molecule has 4 amide bonds. The zero-order valence-electron chi connectivity index (χ0n) is 19.8. The molecule has 1 aliphatic heterocycles. The average Bonchev–Trinajstić information content (AvgIpc) is 2.84. The molecule has 3 aromatic rings. The van der Waals surface area contributed by atoms with Crippen LogP contribution in [0.2, 0.25) is 10.0 Å². The van der Waals surface area contributed by atoms with E-state index >= 15 is 0 Å². The molecule has 1 N–H and O–H groups in total. The van der Waals surface area contributed by atoms with E-state index in [4.69, 9.17) is 32.7 Å². The second kappa shape index (κ2) is 11.5. The minimum absolute atomic E-state index is 0.175. The number of anilines is 1. The fourth-order valence-electron chi connectivity index (χ4n) is 3.72. The van der Waals surface area contributed by atoms with Crippen molar-refractivity contribution in [1.82, 2.24) is 5.32 Å². The first kappa shape index (κ1) is 27.0. The predicted octanol–water partition coefficient (Wildman–Crippen LogP) is 6.55. The molecule has 1 fully saturated rings. The molecule has 7 nitrogen and oxygen atoms in total. The Kier molecular flexibility index (Phi) is 8.41. The van der Waals surface area contributed by atoms with Gasteiger partial charge in [-0.15, -0.1) is 0 Å². The molecule has 1 saturated heterocycles. The molecular formula is C27H21Cl2IN2O5. The summed E-state index contributed by atoms with van der Waals surface area (Å²) in [7, 11) is 0. The molecule has 3 aromatic carbocycles. The second-order valence-corrected chi connectivity index (χ2v) is 10.0. The van der Waals surface area contributed by atoms with Crippen molar-refractivity contribution in [1.29, 1.82) is 0 Å². The SMILES string of the molecule is CCOc1cc(/C=C2\C(=O)NC(=O)N(c3ccccc3C)C2=O)cc(I)c1OCc1ccc(Cl)c(Cl)c1. The number of amides is 4. The maximum atomic E-state index is 13.3. The molecular weight excluding hydrogens is 630 g/mol. The van der Waals surface area contributed by atoms with Crippen molar-refractivity contribution in [3.63, 3.8) is 0 Å². The minimum atomic E-state index is -0.794. The van der Waals surface area contributed by atoms with Gasteiger partial charge in [-0.05, 0) is 89.5 Å². The Bertz CT molecular complexity index is 1440. The number of imide groups is 2. The summed E-state index contributed by atoms with van der Waals surface area (Å²) in [5.74, 6) is -0.535. The van der Waals surface area contributed by atoms with Crippen LogP contribution < -0.4 is 19.7 Å². The molecule has 190 valence electrons. The van der Waals surface area contributed by atoms with Gasteiger partial charge in [0.05, 0.1) is 25.9 Å². The number of aryl methyl sites for hydroxylation is 1. The van der Waals surface area contributed by atoms with Crippen LogP contribution in [0.3, 0.4) is 0 Å². The highest BCUT2D eigenvalue weighted by Crippen LogP contribution is 2.36. The number of urea groups is 1. The Balaban J connectivity index is 1.66. The summed E-state index contributed by atoms with van der Waals surface area (Å²) in [5, 5.41) is 3.13.